The summed E-state index contributed by atoms with van der Waals surface area (Å²) in [5.41, 5.74) is 3.71. The van der Waals surface area contributed by atoms with Crippen LogP contribution in [0.3, 0.4) is 0 Å². The maximum absolute atomic E-state index is 11.8. The van der Waals surface area contributed by atoms with Gasteiger partial charge in [-0.1, -0.05) is 23.8 Å². The predicted octanol–water partition coefficient (Wildman–Crippen LogP) is 1.53. The summed E-state index contributed by atoms with van der Waals surface area (Å²) >= 11 is 0. The van der Waals surface area contributed by atoms with Gasteiger partial charge in [-0.3, -0.25) is 4.79 Å². The summed E-state index contributed by atoms with van der Waals surface area (Å²) in [4.78, 5) is 11.8. The summed E-state index contributed by atoms with van der Waals surface area (Å²) in [7, 11) is 0. The first-order valence-electron chi connectivity index (χ1n) is 6.21. The van der Waals surface area contributed by atoms with Gasteiger partial charge in [0.2, 0.25) is 5.91 Å². The molecular weight excluding hydrogens is 212 g/mol. The largest absolute Gasteiger partial charge is 0.352 e. The SMILES string of the molecule is Cc1ccc(CNC(=O)C2CCNC2)c(C)c1. The van der Waals surface area contributed by atoms with Gasteiger partial charge in [0.1, 0.15) is 0 Å². The molecule has 1 fully saturated rings. The minimum Gasteiger partial charge on any atom is -0.352 e. The normalized spacial score (nSPS) is 19.3. The number of carbonyl (C=O) groups is 1. The third-order valence-corrected chi connectivity index (χ3v) is 3.38. The molecule has 1 amide bonds. The molecule has 1 atom stereocenters. The standard InChI is InChI=1S/C14H20N2O/c1-10-3-4-12(11(2)7-10)9-16-14(17)13-5-6-15-8-13/h3-4,7,13,15H,5-6,8-9H2,1-2H3,(H,16,17). The molecule has 0 radical (unpaired) electrons. The van der Waals surface area contributed by atoms with E-state index in [0.29, 0.717) is 6.54 Å². The van der Waals surface area contributed by atoms with Crippen LogP contribution in [-0.2, 0) is 11.3 Å². The molecule has 1 aliphatic rings. The van der Waals surface area contributed by atoms with Gasteiger partial charge in [-0.2, -0.15) is 0 Å². The summed E-state index contributed by atoms with van der Waals surface area (Å²) in [6, 6.07) is 6.34. The molecule has 1 unspecified atom stereocenters. The molecule has 2 rings (SSSR count). The average Bonchev–Trinajstić information content (AvgIpc) is 2.81. The van der Waals surface area contributed by atoms with Crippen molar-refractivity contribution in [2.45, 2.75) is 26.8 Å². The first kappa shape index (κ1) is 12.1. The Kier molecular flexibility index (Phi) is 3.79. The van der Waals surface area contributed by atoms with Crippen molar-refractivity contribution >= 4 is 5.91 Å². The molecule has 3 heteroatoms. The molecule has 0 spiro atoms. The van der Waals surface area contributed by atoms with Crippen LogP contribution in [0.4, 0.5) is 0 Å². The molecule has 1 saturated heterocycles. The molecule has 0 bridgehead atoms. The van der Waals surface area contributed by atoms with Crippen LogP contribution < -0.4 is 10.6 Å². The zero-order chi connectivity index (χ0) is 12.3. The highest BCUT2D eigenvalue weighted by Crippen LogP contribution is 2.11. The second kappa shape index (κ2) is 5.32. The lowest BCUT2D eigenvalue weighted by atomic mass is 10.0. The number of rotatable bonds is 3. The molecule has 1 aliphatic heterocycles. The van der Waals surface area contributed by atoms with Crippen molar-refractivity contribution in [3.8, 4) is 0 Å². The van der Waals surface area contributed by atoms with Crippen LogP contribution in [0.15, 0.2) is 18.2 Å². The Labute approximate surface area is 103 Å². The van der Waals surface area contributed by atoms with Crippen LogP contribution in [0.1, 0.15) is 23.1 Å². The number of hydrogen-bond donors (Lipinski definition) is 2. The minimum absolute atomic E-state index is 0.153. The fourth-order valence-electron chi connectivity index (χ4n) is 2.25. The smallest absolute Gasteiger partial charge is 0.224 e. The molecule has 1 aromatic carbocycles. The van der Waals surface area contributed by atoms with Crippen LogP contribution in [0, 0.1) is 19.8 Å². The van der Waals surface area contributed by atoms with E-state index in [-0.39, 0.29) is 11.8 Å². The molecule has 0 aromatic heterocycles. The van der Waals surface area contributed by atoms with Crippen LogP contribution in [0.5, 0.6) is 0 Å². The summed E-state index contributed by atoms with van der Waals surface area (Å²) < 4.78 is 0. The number of carbonyl (C=O) groups excluding carboxylic acids is 1. The van der Waals surface area contributed by atoms with Gasteiger partial charge in [0.05, 0.1) is 5.92 Å². The number of amides is 1. The summed E-state index contributed by atoms with van der Waals surface area (Å²) in [6.45, 7) is 6.59. The van der Waals surface area contributed by atoms with Crippen LogP contribution in [0.2, 0.25) is 0 Å². The van der Waals surface area contributed by atoms with Gasteiger partial charge in [0.25, 0.3) is 0 Å². The van der Waals surface area contributed by atoms with Gasteiger partial charge in [-0.05, 0) is 37.9 Å². The number of aryl methyl sites for hydroxylation is 2. The van der Waals surface area contributed by atoms with Crippen molar-refractivity contribution in [2.75, 3.05) is 13.1 Å². The van der Waals surface area contributed by atoms with E-state index in [4.69, 9.17) is 0 Å². The minimum atomic E-state index is 0.153. The van der Waals surface area contributed by atoms with Gasteiger partial charge in [-0.25, -0.2) is 0 Å². The second-order valence-electron chi connectivity index (χ2n) is 4.84. The summed E-state index contributed by atoms with van der Waals surface area (Å²) in [6.07, 6.45) is 0.957. The van der Waals surface area contributed by atoms with Gasteiger partial charge in [0.15, 0.2) is 0 Å². The van der Waals surface area contributed by atoms with Gasteiger partial charge < -0.3 is 10.6 Å². The highest BCUT2D eigenvalue weighted by molar-refractivity contribution is 5.79. The van der Waals surface area contributed by atoms with Crippen molar-refractivity contribution in [1.29, 1.82) is 0 Å². The third kappa shape index (κ3) is 3.07. The maximum Gasteiger partial charge on any atom is 0.224 e. The van der Waals surface area contributed by atoms with Crippen molar-refractivity contribution in [3.63, 3.8) is 0 Å². The Hall–Kier alpha value is -1.35. The van der Waals surface area contributed by atoms with Crippen molar-refractivity contribution in [1.82, 2.24) is 10.6 Å². The van der Waals surface area contributed by atoms with E-state index < -0.39 is 0 Å². The van der Waals surface area contributed by atoms with Gasteiger partial charge >= 0.3 is 0 Å². The van der Waals surface area contributed by atoms with Gasteiger partial charge in [-0.15, -0.1) is 0 Å². The van der Waals surface area contributed by atoms with Crippen LogP contribution >= 0.6 is 0 Å². The van der Waals surface area contributed by atoms with E-state index in [2.05, 4.69) is 42.7 Å². The van der Waals surface area contributed by atoms with Crippen molar-refractivity contribution < 1.29 is 4.79 Å². The highest BCUT2D eigenvalue weighted by atomic mass is 16.1. The summed E-state index contributed by atoms with van der Waals surface area (Å²) in [5, 5.41) is 6.23. The summed E-state index contributed by atoms with van der Waals surface area (Å²) in [5.74, 6) is 0.329. The molecular formula is C14H20N2O. The van der Waals surface area contributed by atoms with E-state index >= 15 is 0 Å². The van der Waals surface area contributed by atoms with Crippen LogP contribution in [0.25, 0.3) is 0 Å². The lowest BCUT2D eigenvalue weighted by Crippen LogP contribution is -2.31. The maximum atomic E-state index is 11.8. The van der Waals surface area contributed by atoms with E-state index in [9.17, 15) is 4.79 Å². The number of nitrogens with one attached hydrogen (secondary N) is 2. The average molecular weight is 232 g/mol. The van der Waals surface area contributed by atoms with E-state index in [1.165, 1.54) is 16.7 Å². The highest BCUT2D eigenvalue weighted by Gasteiger charge is 2.21. The van der Waals surface area contributed by atoms with E-state index in [1.807, 2.05) is 0 Å². The fourth-order valence-corrected chi connectivity index (χ4v) is 2.25. The molecule has 3 nitrogen and oxygen atoms in total. The molecule has 1 heterocycles. The molecule has 2 N–H and O–H groups in total. The molecule has 1 aromatic rings. The third-order valence-electron chi connectivity index (χ3n) is 3.38. The first-order valence-corrected chi connectivity index (χ1v) is 6.21. The topological polar surface area (TPSA) is 41.1 Å². The number of hydrogen-bond acceptors (Lipinski definition) is 2. The fraction of sp³-hybridized carbons (Fsp3) is 0.500. The Morgan fingerprint density at radius 3 is 2.94 bits per heavy atom. The van der Waals surface area contributed by atoms with Crippen LogP contribution in [-0.4, -0.2) is 19.0 Å². The Morgan fingerprint density at radius 2 is 2.29 bits per heavy atom. The lowest BCUT2D eigenvalue weighted by molar-refractivity contribution is -0.124. The Morgan fingerprint density at radius 1 is 1.47 bits per heavy atom. The quantitative estimate of drug-likeness (QED) is 0.830. The van der Waals surface area contributed by atoms with Crippen molar-refractivity contribution in [3.05, 3.63) is 34.9 Å². The number of benzene rings is 1. The van der Waals surface area contributed by atoms with E-state index in [1.54, 1.807) is 0 Å². The first-order chi connectivity index (χ1) is 8.16. The zero-order valence-electron chi connectivity index (χ0n) is 10.5. The van der Waals surface area contributed by atoms with Gasteiger partial charge in [0, 0.05) is 13.1 Å². The monoisotopic (exact) mass is 232 g/mol. The lowest BCUT2D eigenvalue weighted by Gasteiger charge is -2.11. The molecule has 0 aliphatic carbocycles. The Balaban J connectivity index is 1.90. The van der Waals surface area contributed by atoms with Crippen molar-refractivity contribution in [2.24, 2.45) is 5.92 Å². The zero-order valence-corrected chi connectivity index (χ0v) is 10.5. The molecule has 0 saturated carbocycles. The second-order valence-corrected chi connectivity index (χ2v) is 4.84. The predicted molar refractivity (Wildman–Crippen MR) is 68.7 cm³/mol. The van der Waals surface area contributed by atoms with E-state index in [0.717, 1.165) is 19.5 Å². The Bertz CT molecular complexity index is 409. The molecule has 92 valence electrons. The molecule has 17 heavy (non-hydrogen) atoms.